The smallest absolute Gasteiger partial charge is 0.227 e. The van der Waals surface area contributed by atoms with E-state index in [-0.39, 0.29) is 17.9 Å². The third-order valence-electron chi connectivity index (χ3n) is 3.70. The van der Waals surface area contributed by atoms with Crippen LogP contribution in [0.1, 0.15) is 38.7 Å². The Kier molecular flexibility index (Phi) is 5.01. The summed E-state index contributed by atoms with van der Waals surface area (Å²) in [6.45, 7) is 4.70. The average molecular weight is 276 g/mol. The standard InChI is InChI=1S/C16H24N2O2/c1-11(4-3-5-12(2)17)16(19)18-14-6-7-15-13(10-14)8-9-20-15/h6-7,10-12H,3-5,8-9,17H2,1-2H3,(H,18,19). The molecule has 0 fully saturated rings. The molecule has 0 saturated heterocycles. The van der Waals surface area contributed by atoms with Gasteiger partial charge < -0.3 is 15.8 Å². The monoisotopic (exact) mass is 276 g/mol. The van der Waals surface area contributed by atoms with Crippen LogP contribution in [-0.2, 0) is 11.2 Å². The van der Waals surface area contributed by atoms with Crippen LogP contribution < -0.4 is 15.8 Å². The van der Waals surface area contributed by atoms with Crippen LogP contribution in [0.5, 0.6) is 5.75 Å². The van der Waals surface area contributed by atoms with Crippen LogP contribution in [0.2, 0.25) is 0 Å². The van der Waals surface area contributed by atoms with Crippen molar-refractivity contribution in [2.75, 3.05) is 11.9 Å². The largest absolute Gasteiger partial charge is 0.493 e. The van der Waals surface area contributed by atoms with Crippen molar-refractivity contribution in [2.45, 2.75) is 45.6 Å². The lowest BCUT2D eigenvalue weighted by Crippen LogP contribution is -2.21. The molecule has 0 aliphatic carbocycles. The second kappa shape index (κ2) is 6.75. The highest BCUT2D eigenvalue weighted by atomic mass is 16.5. The van der Waals surface area contributed by atoms with Crippen LogP contribution in [0, 0.1) is 5.92 Å². The van der Waals surface area contributed by atoms with E-state index in [4.69, 9.17) is 10.5 Å². The average Bonchev–Trinajstić information content (AvgIpc) is 2.85. The first-order valence-corrected chi connectivity index (χ1v) is 7.38. The van der Waals surface area contributed by atoms with E-state index in [0.29, 0.717) is 0 Å². The predicted octanol–water partition coefficient (Wildman–Crippen LogP) is 2.71. The molecule has 4 heteroatoms. The lowest BCUT2D eigenvalue weighted by Gasteiger charge is -2.13. The minimum absolute atomic E-state index is 0.0123. The summed E-state index contributed by atoms with van der Waals surface area (Å²) in [5.41, 5.74) is 7.75. The Balaban J connectivity index is 1.84. The van der Waals surface area contributed by atoms with E-state index in [1.807, 2.05) is 32.0 Å². The van der Waals surface area contributed by atoms with Gasteiger partial charge in [-0.3, -0.25) is 4.79 Å². The maximum Gasteiger partial charge on any atom is 0.227 e. The summed E-state index contributed by atoms with van der Waals surface area (Å²) in [4.78, 5) is 12.1. The zero-order valence-electron chi connectivity index (χ0n) is 12.3. The fourth-order valence-electron chi connectivity index (χ4n) is 2.41. The number of carbonyl (C=O) groups excluding carboxylic acids is 1. The van der Waals surface area contributed by atoms with Crippen molar-refractivity contribution < 1.29 is 9.53 Å². The van der Waals surface area contributed by atoms with E-state index < -0.39 is 0 Å². The molecule has 1 amide bonds. The third kappa shape index (κ3) is 3.97. The summed E-state index contributed by atoms with van der Waals surface area (Å²) in [7, 11) is 0. The van der Waals surface area contributed by atoms with E-state index in [1.54, 1.807) is 0 Å². The Hall–Kier alpha value is -1.55. The van der Waals surface area contributed by atoms with Crippen molar-refractivity contribution in [3.8, 4) is 5.75 Å². The molecular weight excluding hydrogens is 252 g/mol. The zero-order chi connectivity index (χ0) is 14.5. The van der Waals surface area contributed by atoms with Crippen LogP contribution in [0.15, 0.2) is 18.2 Å². The van der Waals surface area contributed by atoms with Gasteiger partial charge in [-0.2, -0.15) is 0 Å². The summed E-state index contributed by atoms with van der Waals surface area (Å²) in [6.07, 6.45) is 3.75. The molecule has 1 aromatic carbocycles. The van der Waals surface area contributed by atoms with Gasteiger partial charge in [0.1, 0.15) is 5.75 Å². The second-order valence-corrected chi connectivity index (χ2v) is 5.72. The number of hydrogen-bond acceptors (Lipinski definition) is 3. The number of anilines is 1. The van der Waals surface area contributed by atoms with Crippen molar-refractivity contribution in [3.63, 3.8) is 0 Å². The maximum absolute atomic E-state index is 12.1. The number of ether oxygens (including phenoxy) is 1. The van der Waals surface area contributed by atoms with Gasteiger partial charge >= 0.3 is 0 Å². The van der Waals surface area contributed by atoms with Crippen molar-refractivity contribution in [3.05, 3.63) is 23.8 Å². The molecule has 0 aromatic heterocycles. The maximum atomic E-state index is 12.1. The Morgan fingerprint density at radius 2 is 2.20 bits per heavy atom. The van der Waals surface area contributed by atoms with Gasteiger partial charge in [-0.25, -0.2) is 0 Å². The SMILES string of the molecule is CC(N)CCCC(C)C(=O)Nc1ccc2c(c1)CCO2. The van der Waals surface area contributed by atoms with Crippen LogP contribution in [0.4, 0.5) is 5.69 Å². The molecule has 4 nitrogen and oxygen atoms in total. The van der Waals surface area contributed by atoms with Gasteiger partial charge in [0, 0.05) is 24.1 Å². The predicted molar refractivity (Wildman–Crippen MR) is 80.9 cm³/mol. The first-order valence-electron chi connectivity index (χ1n) is 7.38. The molecule has 2 rings (SSSR count). The van der Waals surface area contributed by atoms with Crippen molar-refractivity contribution in [2.24, 2.45) is 11.7 Å². The van der Waals surface area contributed by atoms with Gasteiger partial charge in [-0.1, -0.05) is 13.3 Å². The molecule has 1 aliphatic rings. The number of nitrogens with one attached hydrogen (secondary N) is 1. The normalized spacial score (nSPS) is 16.1. The van der Waals surface area contributed by atoms with E-state index in [2.05, 4.69) is 5.32 Å². The molecule has 1 heterocycles. The van der Waals surface area contributed by atoms with Crippen LogP contribution >= 0.6 is 0 Å². The summed E-state index contributed by atoms with van der Waals surface area (Å²) in [5, 5.41) is 2.98. The first-order chi connectivity index (χ1) is 9.56. The fourth-order valence-corrected chi connectivity index (χ4v) is 2.41. The highest BCUT2D eigenvalue weighted by Gasteiger charge is 2.16. The molecule has 3 N–H and O–H groups in total. The van der Waals surface area contributed by atoms with E-state index in [9.17, 15) is 4.79 Å². The molecule has 0 bridgehead atoms. The van der Waals surface area contributed by atoms with Crippen LogP contribution in [0.3, 0.4) is 0 Å². The molecule has 2 atom stereocenters. The van der Waals surface area contributed by atoms with Gasteiger partial charge in [0.25, 0.3) is 0 Å². The Bertz CT molecular complexity index is 472. The number of nitrogens with two attached hydrogens (primary N) is 1. The molecule has 1 aliphatic heterocycles. The number of amides is 1. The molecule has 1 aromatic rings. The fraction of sp³-hybridized carbons (Fsp3) is 0.562. The minimum atomic E-state index is 0.0123. The van der Waals surface area contributed by atoms with E-state index in [1.165, 1.54) is 5.56 Å². The molecule has 0 radical (unpaired) electrons. The highest BCUT2D eigenvalue weighted by Crippen LogP contribution is 2.28. The van der Waals surface area contributed by atoms with Crippen molar-refractivity contribution in [1.29, 1.82) is 0 Å². The van der Waals surface area contributed by atoms with E-state index in [0.717, 1.165) is 43.7 Å². The minimum Gasteiger partial charge on any atom is -0.493 e. The number of hydrogen-bond donors (Lipinski definition) is 2. The van der Waals surface area contributed by atoms with Crippen LogP contribution in [0.25, 0.3) is 0 Å². The lowest BCUT2D eigenvalue weighted by atomic mass is 10.0. The lowest BCUT2D eigenvalue weighted by molar-refractivity contribution is -0.119. The molecular formula is C16H24N2O2. The number of fused-ring (bicyclic) bond motifs is 1. The summed E-state index contributed by atoms with van der Waals surface area (Å²) in [5.74, 6) is 1.03. The zero-order valence-corrected chi connectivity index (χ0v) is 12.3. The van der Waals surface area contributed by atoms with Gasteiger partial charge in [-0.15, -0.1) is 0 Å². The topological polar surface area (TPSA) is 64.4 Å². The number of benzene rings is 1. The molecule has 110 valence electrons. The molecule has 0 spiro atoms. The number of carbonyl (C=O) groups is 1. The Morgan fingerprint density at radius 3 is 2.95 bits per heavy atom. The van der Waals surface area contributed by atoms with E-state index >= 15 is 0 Å². The first kappa shape index (κ1) is 14.9. The van der Waals surface area contributed by atoms with Gasteiger partial charge in [0.15, 0.2) is 0 Å². The molecule has 20 heavy (non-hydrogen) atoms. The summed E-state index contributed by atoms with van der Waals surface area (Å²) >= 11 is 0. The molecule has 2 unspecified atom stereocenters. The Morgan fingerprint density at radius 1 is 1.40 bits per heavy atom. The summed E-state index contributed by atoms with van der Waals surface area (Å²) < 4.78 is 5.46. The van der Waals surface area contributed by atoms with Gasteiger partial charge in [0.2, 0.25) is 5.91 Å². The number of rotatable bonds is 6. The van der Waals surface area contributed by atoms with Crippen LogP contribution in [-0.4, -0.2) is 18.6 Å². The highest BCUT2D eigenvalue weighted by molar-refractivity contribution is 5.92. The quantitative estimate of drug-likeness (QED) is 0.839. The van der Waals surface area contributed by atoms with Crippen molar-refractivity contribution >= 4 is 11.6 Å². The van der Waals surface area contributed by atoms with Gasteiger partial charge in [-0.05, 0) is 43.5 Å². The third-order valence-corrected chi connectivity index (χ3v) is 3.70. The molecule has 0 saturated carbocycles. The van der Waals surface area contributed by atoms with Crippen molar-refractivity contribution in [1.82, 2.24) is 0 Å². The Labute approximate surface area is 120 Å². The van der Waals surface area contributed by atoms with Gasteiger partial charge in [0.05, 0.1) is 6.61 Å². The second-order valence-electron chi connectivity index (χ2n) is 5.72. The summed E-state index contributed by atoms with van der Waals surface area (Å²) in [6, 6.07) is 6.05.